The van der Waals surface area contributed by atoms with Crippen molar-refractivity contribution in [3.63, 3.8) is 0 Å². The van der Waals surface area contributed by atoms with Gasteiger partial charge >= 0.3 is 0 Å². The third kappa shape index (κ3) is 2.82. The van der Waals surface area contributed by atoms with Gasteiger partial charge in [-0.1, -0.05) is 12.1 Å². The standard InChI is InChI=1S/C20H20N2OS/c1-14-12-19(22-9-2-3-10-22)17-6-4-15(13-18(17)21-14)20-7-5-16(24-20)8-11-23/h4-7,11-13H,2-3,8-10H2,1H3. The van der Waals surface area contributed by atoms with Gasteiger partial charge in [-0.25, -0.2) is 0 Å². The van der Waals surface area contributed by atoms with Gasteiger partial charge in [0.25, 0.3) is 0 Å². The number of hydrogen-bond acceptors (Lipinski definition) is 4. The van der Waals surface area contributed by atoms with Crippen molar-refractivity contribution in [1.82, 2.24) is 4.98 Å². The van der Waals surface area contributed by atoms with Gasteiger partial charge in [-0.3, -0.25) is 4.98 Å². The van der Waals surface area contributed by atoms with Crippen LogP contribution in [0.4, 0.5) is 5.69 Å². The molecule has 4 heteroatoms. The molecule has 3 heterocycles. The first kappa shape index (κ1) is 15.3. The van der Waals surface area contributed by atoms with Crippen LogP contribution in [0.15, 0.2) is 36.4 Å². The summed E-state index contributed by atoms with van der Waals surface area (Å²) in [5.74, 6) is 0. The van der Waals surface area contributed by atoms with Gasteiger partial charge in [0.1, 0.15) is 6.29 Å². The van der Waals surface area contributed by atoms with E-state index in [2.05, 4.69) is 42.2 Å². The molecule has 3 aromatic rings. The molecule has 0 saturated carbocycles. The summed E-state index contributed by atoms with van der Waals surface area (Å²) in [5.41, 5.74) is 4.61. The number of carbonyl (C=O) groups excluding carboxylic acids is 1. The number of aryl methyl sites for hydroxylation is 1. The van der Waals surface area contributed by atoms with Crippen molar-refractivity contribution in [2.75, 3.05) is 18.0 Å². The Morgan fingerprint density at radius 1 is 1.17 bits per heavy atom. The second kappa shape index (κ2) is 6.36. The number of benzene rings is 1. The van der Waals surface area contributed by atoms with E-state index in [4.69, 9.17) is 4.98 Å². The van der Waals surface area contributed by atoms with E-state index in [0.29, 0.717) is 6.42 Å². The third-order valence-electron chi connectivity index (χ3n) is 4.59. The molecule has 1 aliphatic rings. The number of aldehydes is 1. The Hall–Kier alpha value is -2.20. The maximum atomic E-state index is 10.7. The Labute approximate surface area is 146 Å². The summed E-state index contributed by atoms with van der Waals surface area (Å²) >= 11 is 1.68. The minimum atomic E-state index is 0.495. The highest BCUT2D eigenvalue weighted by Gasteiger charge is 2.16. The van der Waals surface area contributed by atoms with Crippen LogP contribution < -0.4 is 4.90 Å². The van der Waals surface area contributed by atoms with Crippen molar-refractivity contribution in [2.45, 2.75) is 26.2 Å². The molecule has 1 aliphatic heterocycles. The molecule has 1 saturated heterocycles. The highest BCUT2D eigenvalue weighted by molar-refractivity contribution is 7.15. The lowest BCUT2D eigenvalue weighted by atomic mass is 10.1. The number of pyridine rings is 1. The molecule has 0 radical (unpaired) electrons. The minimum absolute atomic E-state index is 0.495. The van der Waals surface area contributed by atoms with Crippen LogP contribution in [-0.4, -0.2) is 24.4 Å². The number of hydrogen-bond donors (Lipinski definition) is 0. The van der Waals surface area contributed by atoms with Crippen molar-refractivity contribution in [2.24, 2.45) is 0 Å². The fourth-order valence-corrected chi connectivity index (χ4v) is 4.39. The van der Waals surface area contributed by atoms with Crippen LogP contribution in [0.25, 0.3) is 21.3 Å². The molecule has 2 aromatic heterocycles. The Morgan fingerprint density at radius 3 is 2.79 bits per heavy atom. The van der Waals surface area contributed by atoms with Crippen molar-refractivity contribution in [3.05, 3.63) is 47.0 Å². The molecule has 0 spiro atoms. The average molecular weight is 336 g/mol. The van der Waals surface area contributed by atoms with E-state index < -0.39 is 0 Å². The highest BCUT2D eigenvalue weighted by Crippen LogP contribution is 2.34. The molecular formula is C20H20N2OS. The lowest BCUT2D eigenvalue weighted by Crippen LogP contribution is -2.18. The second-order valence-electron chi connectivity index (χ2n) is 6.35. The van der Waals surface area contributed by atoms with Gasteiger partial charge in [0.2, 0.25) is 0 Å². The van der Waals surface area contributed by atoms with Gasteiger partial charge in [0, 0.05) is 46.0 Å². The molecule has 0 atom stereocenters. The van der Waals surface area contributed by atoms with Gasteiger partial charge in [0.15, 0.2) is 0 Å². The fraction of sp³-hybridized carbons (Fsp3) is 0.300. The first-order valence-electron chi connectivity index (χ1n) is 8.44. The molecule has 0 amide bonds. The summed E-state index contributed by atoms with van der Waals surface area (Å²) in [4.78, 5) is 20.2. The Morgan fingerprint density at radius 2 is 2.00 bits per heavy atom. The van der Waals surface area contributed by atoms with E-state index in [9.17, 15) is 4.79 Å². The summed E-state index contributed by atoms with van der Waals surface area (Å²) in [7, 11) is 0. The van der Waals surface area contributed by atoms with Crippen LogP contribution >= 0.6 is 11.3 Å². The highest BCUT2D eigenvalue weighted by atomic mass is 32.1. The van der Waals surface area contributed by atoms with Crippen LogP contribution in [0.5, 0.6) is 0 Å². The van der Waals surface area contributed by atoms with Gasteiger partial charge in [0.05, 0.1) is 5.52 Å². The molecular weight excluding hydrogens is 316 g/mol. The number of aromatic nitrogens is 1. The number of fused-ring (bicyclic) bond motifs is 1. The fourth-order valence-electron chi connectivity index (χ4n) is 3.44. The maximum Gasteiger partial charge on any atom is 0.125 e. The molecule has 0 N–H and O–H groups in total. The average Bonchev–Trinajstić information content (AvgIpc) is 3.25. The van der Waals surface area contributed by atoms with Crippen molar-refractivity contribution in [3.8, 4) is 10.4 Å². The number of carbonyl (C=O) groups is 1. The van der Waals surface area contributed by atoms with Crippen LogP contribution in [0.2, 0.25) is 0 Å². The van der Waals surface area contributed by atoms with Crippen molar-refractivity contribution >= 4 is 34.2 Å². The summed E-state index contributed by atoms with van der Waals surface area (Å²) in [6.45, 7) is 4.35. The first-order chi connectivity index (χ1) is 11.7. The number of thiophene rings is 1. The maximum absolute atomic E-state index is 10.7. The Bertz CT molecular complexity index is 894. The summed E-state index contributed by atoms with van der Waals surface area (Å²) in [5, 5.41) is 1.23. The number of rotatable bonds is 4. The van der Waals surface area contributed by atoms with Gasteiger partial charge in [-0.15, -0.1) is 11.3 Å². The lowest BCUT2D eigenvalue weighted by Gasteiger charge is -2.20. The topological polar surface area (TPSA) is 33.2 Å². The summed E-state index contributed by atoms with van der Waals surface area (Å²) in [6.07, 6.45) is 4.00. The second-order valence-corrected chi connectivity index (χ2v) is 7.51. The number of nitrogens with zero attached hydrogens (tertiary/aromatic N) is 2. The van der Waals surface area contributed by atoms with Crippen LogP contribution in [0.3, 0.4) is 0 Å². The zero-order chi connectivity index (χ0) is 16.5. The van der Waals surface area contributed by atoms with Crippen LogP contribution in [0, 0.1) is 6.92 Å². The Kier molecular flexibility index (Phi) is 4.07. The van der Waals surface area contributed by atoms with E-state index >= 15 is 0 Å². The van der Waals surface area contributed by atoms with E-state index in [0.717, 1.165) is 35.5 Å². The van der Waals surface area contributed by atoms with E-state index in [-0.39, 0.29) is 0 Å². The van der Waals surface area contributed by atoms with E-state index in [1.807, 2.05) is 6.07 Å². The molecule has 0 aliphatic carbocycles. The molecule has 1 aromatic carbocycles. The Balaban J connectivity index is 1.78. The van der Waals surface area contributed by atoms with Gasteiger partial charge in [-0.2, -0.15) is 0 Å². The van der Waals surface area contributed by atoms with Gasteiger partial charge in [-0.05, 0) is 49.6 Å². The molecule has 1 fully saturated rings. The molecule has 24 heavy (non-hydrogen) atoms. The van der Waals surface area contributed by atoms with Crippen LogP contribution in [-0.2, 0) is 11.2 Å². The molecule has 4 rings (SSSR count). The zero-order valence-electron chi connectivity index (χ0n) is 13.8. The smallest absolute Gasteiger partial charge is 0.125 e. The normalized spacial score (nSPS) is 14.5. The monoisotopic (exact) mass is 336 g/mol. The molecule has 0 unspecified atom stereocenters. The largest absolute Gasteiger partial charge is 0.371 e. The van der Waals surface area contributed by atoms with Crippen molar-refractivity contribution < 1.29 is 4.79 Å². The van der Waals surface area contributed by atoms with E-state index in [1.165, 1.54) is 34.4 Å². The number of anilines is 1. The van der Waals surface area contributed by atoms with E-state index in [1.54, 1.807) is 11.3 Å². The lowest BCUT2D eigenvalue weighted by molar-refractivity contribution is -0.107. The SMILES string of the molecule is Cc1cc(N2CCCC2)c2ccc(-c3ccc(CC=O)s3)cc2n1. The quantitative estimate of drug-likeness (QED) is 0.652. The molecule has 122 valence electrons. The summed E-state index contributed by atoms with van der Waals surface area (Å²) in [6, 6.07) is 12.9. The third-order valence-corrected chi connectivity index (χ3v) is 5.75. The zero-order valence-corrected chi connectivity index (χ0v) is 14.6. The molecule has 3 nitrogen and oxygen atoms in total. The predicted molar refractivity (Wildman–Crippen MR) is 101 cm³/mol. The summed E-state index contributed by atoms with van der Waals surface area (Å²) < 4.78 is 0. The predicted octanol–water partition coefficient (Wildman–Crippen LogP) is 4.61. The van der Waals surface area contributed by atoms with Crippen molar-refractivity contribution in [1.29, 1.82) is 0 Å². The van der Waals surface area contributed by atoms with Gasteiger partial charge < -0.3 is 9.69 Å². The molecule has 0 bridgehead atoms. The minimum Gasteiger partial charge on any atom is -0.371 e. The van der Waals surface area contributed by atoms with Crippen LogP contribution in [0.1, 0.15) is 23.4 Å². The first-order valence-corrected chi connectivity index (χ1v) is 9.25.